The molecule has 6 atom stereocenters. The largest absolute Gasteiger partial charge is 0.465 e. The smallest absolute Gasteiger partial charge is 0.311 e. The minimum atomic E-state index is -0.777. The van der Waals surface area contributed by atoms with Crippen LogP contribution in [0.2, 0.25) is 0 Å². The number of rotatable bonds is 12. The number of aliphatic hydroxyl groups excluding tert-OH is 1. The number of ether oxygens (including phenoxy) is 1. The van der Waals surface area contributed by atoms with E-state index in [0.717, 1.165) is 18.4 Å². The van der Waals surface area contributed by atoms with Crippen LogP contribution in [0.15, 0.2) is 55.6 Å². The van der Waals surface area contributed by atoms with Gasteiger partial charge in [0, 0.05) is 17.8 Å². The number of hydrogen-bond acceptors (Lipinski definition) is 6. The Morgan fingerprint density at radius 3 is 2.65 bits per heavy atom. The fraction of sp³-hybridized carbons (Fsp3) is 0.552. The fourth-order valence-electron chi connectivity index (χ4n) is 6.42. The number of aliphatic hydroxyl groups is 1. The second-order valence-corrected chi connectivity index (χ2v) is 12.5. The van der Waals surface area contributed by atoms with Gasteiger partial charge < -0.3 is 19.6 Å². The number of thioether (sulfide) groups is 1. The normalized spacial score (nSPS) is 30.6. The molecule has 3 heterocycles. The summed E-state index contributed by atoms with van der Waals surface area (Å²) in [6.07, 6.45) is 6.28. The Labute approximate surface area is 223 Å². The van der Waals surface area contributed by atoms with Gasteiger partial charge in [0.25, 0.3) is 0 Å². The lowest BCUT2D eigenvalue weighted by atomic mass is 9.66. The summed E-state index contributed by atoms with van der Waals surface area (Å²) in [6.45, 7) is 12.1. The Kier molecular flexibility index (Phi) is 8.19. The molecule has 0 radical (unpaired) electrons. The molecule has 3 aliphatic heterocycles. The van der Waals surface area contributed by atoms with Gasteiger partial charge in [-0.3, -0.25) is 14.4 Å². The van der Waals surface area contributed by atoms with Crippen molar-refractivity contribution in [2.24, 2.45) is 11.8 Å². The maximum absolute atomic E-state index is 14.3. The fourth-order valence-corrected chi connectivity index (χ4v) is 8.74. The number of unbranched alkanes of at least 4 members (excludes halogenated alkanes) is 1. The van der Waals surface area contributed by atoms with Crippen molar-refractivity contribution in [2.45, 2.75) is 67.7 Å². The predicted octanol–water partition coefficient (Wildman–Crippen LogP) is 3.57. The van der Waals surface area contributed by atoms with Crippen LogP contribution in [-0.2, 0) is 25.7 Å². The summed E-state index contributed by atoms with van der Waals surface area (Å²) in [5.41, 5.74) is 0.981. The van der Waals surface area contributed by atoms with Gasteiger partial charge in [0.2, 0.25) is 11.8 Å². The van der Waals surface area contributed by atoms with Gasteiger partial charge in [0.05, 0.1) is 35.8 Å². The second-order valence-electron chi connectivity index (χ2n) is 10.6. The van der Waals surface area contributed by atoms with Crippen LogP contribution in [0.25, 0.3) is 0 Å². The van der Waals surface area contributed by atoms with E-state index in [2.05, 4.69) is 13.2 Å². The maximum atomic E-state index is 14.3. The van der Waals surface area contributed by atoms with E-state index in [-0.39, 0.29) is 31.0 Å². The zero-order valence-electron chi connectivity index (χ0n) is 21.8. The third-order valence-electron chi connectivity index (χ3n) is 8.12. The van der Waals surface area contributed by atoms with E-state index >= 15 is 0 Å². The SMILES string of the molecule is C=CCCCOC(=O)[C@H]1[C@H]2C(=O)N([C@H](C)CO)C(C(=O)N(CC=C)Cc3ccccc3)C23CC[C@]1(C)S3. The number of amides is 2. The molecule has 1 N–H and O–H groups in total. The molecule has 2 bridgehead atoms. The monoisotopic (exact) mass is 526 g/mol. The first-order valence-corrected chi connectivity index (χ1v) is 13.9. The molecule has 3 saturated heterocycles. The Hall–Kier alpha value is -2.58. The molecule has 0 saturated carbocycles. The van der Waals surface area contributed by atoms with Crippen LogP contribution in [0.1, 0.15) is 45.1 Å². The van der Waals surface area contributed by atoms with Crippen LogP contribution in [0.4, 0.5) is 0 Å². The number of hydrogen-bond donors (Lipinski definition) is 1. The summed E-state index contributed by atoms with van der Waals surface area (Å²) in [6, 6.07) is 8.39. The molecule has 3 fully saturated rings. The third kappa shape index (κ3) is 4.74. The van der Waals surface area contributed by atoms with Crippen molar-refractivity contribution in [1.29, 1.82) is 0 Å². The molecule has 200 valence electrons. The van der Waals surface area contributed by atoms with Crippen molar-refractivity contribution in [2.75, 3.05) is 19.8 Å². The number of fused-ring (bicyclic) bond motifs is 1. The lowest BCUT2D eigenvalue weighted by Gasteiger charge is -2.38. The van der Waals surface area contributed by atoms with E-state index in [1.807, 2.05) is 37.3 Å². The van der Waals surface area contributed by atoms with Crippen LogP contribution in [-0.4, -0.2) is 74.0 Å². The highest BCUT2D eigenvalue weighted by molar-refractivity contribution is 8.02. The van der Waals surface area contributed by atoms with Crippen molar-refractivity contribution in [3.63, 3.8) is 0 Å². The third-order valence-corrected chi connectivity index (χ3v) is 10.1. The summed E-state index contributed by atoms with van der Waals surface area (Å²) in [7, 11) is 0. The molecule has 3 aliphatic rings. The molecule has 2 amide bonds. The number of carbonyl (C=O) groups is 3. The van der Waals surface area contributed by atoms with Crippen LogP contribution in [0, 0.1) is 11.8 Å². The lowest BCUT2D eigenvalue weighted by Crippen LogP contribution is -2.56. The minimum Gasteiger partial charge on any atom is -0.465 e. The summed E-state index contributed by atoms with van der Waals surface area (Å²) in [5.74, 6) is -2.06. The van der Waals surface area contributed by atoms with Crippen LogP contribution in [0.5, 0.6) is 0 Å². The Morgan fingerprint density at radius 2 is 2.00 bits per heavy atom. The zero-order valence-corrected chi connectivity index (χ0v) is 22.6. The molecule has 7 nitrogen and oxygen atoms in total. The van der Waals surface area contributed by atoms with Gasteiger partial charge >= 0.3 is 5.97 Å². The highest BCUT2D eigenvalue weighted by Gasteiger charge is 2.78. The van der Waals surface area contributed by atoms with Crippen molar-refractivity contribution in [3.05, 3.63) is 61.2 Å². The molecule has 1 aromatic carbocycles. The zero-order chi connectivity index (χ0) is 26.8. The highest BCUT2D eigenvalue weighted by Crippen LogP contribution is 2.71. The predicted molar refractivity (Wildman–Crippen MR) is 145 cm³/mol. The van der Waals surface area contributed by atoms with Crippen molar-refractivity contribution in [1.82, 2.24) is 9.80 Å². The van der Waals surface area contributed by atoms with E-state index in [1.54, 1.807) is 40.6 Å². The summed E-state index contributed by atoms with van der Waals surface area (Å²) in [5, 5.41) is 10.1. The van der Waals surface area contributed by atoms with Crippen LogP contribution < -0.4 is 0 Å². The first-order valence-electron chi connectivity index (χ1n) is 13.1. The van der Waals surface area contributed by atoms with Gasteiger partial charge in [0.1, 0.15) is 6.04 Å². The van der Waals surface area contributed by atoms with Crippen LogP contribution >= 0.6 is 11.8 Å². The Balaban J connectivity index is 1.70. The van der Waals surface area contributed by atoms with Gasteiger partial charge in [-0.1, -0.05) is 42.5 Å². The number of nitrogens with zero attached hydrogens (tertiary/aromatic N) is 2. The van der Waals surface area contributed by atoms with E-state index in [9.17, 15) is 19.5 Å². The second kappa shape index (κ2) is 11.0. The topological polar surface area (TPSA) is 87.1 Å². The van der Waals surface area contributed by atoms with E-state index in [0.29, 0.717) is 25.9 Å². The van der Waals surface area contributed by atoms with E-state index < -0.39 is 33.4 Å². The molecule has 1 aromatic rings. The maximum Gasteiger partial charge on any atom is 0.311 e. The highest BCUT2D eigenvalue weighted by atomic mass is 32.2. The quantitative estimate of drug-likeness (QED) is 0.255. The van der Waals surface area contributed by atoms with Gasteiger partial charge in [-0.25, -0.2) is 0 Å². The number of esters is 1. The summed E-state index contributed by atoms with van der Waals surface area (Å²) < 4.78 is 4.43. The van der Waals surface area contributed by atoms with Gasteiger partial charge in [0.15, 0.2) is 0 Å². The molecule has 0 aromatic heterocycles. The van der Waals surface area contributed by atoms with Gasteiger partial charge in [-0.15, -0.1) is 24.9 Å². The molecule has 0 aliphatic carbocycles. The van der Waals surface area contributed by atoms with E-state index in [4.69, 9.17) is 4.74 Å². The summed E-state index contributed by atoms with van der Waals surface area (Å²) in [4.78, 5) is 45.1. The van der Waals surface area contributed by atoms with Crippen molar-refractivity contribution >= 4 is 29.5 Å². The van der Waals surface area contributed by atoms with Gasteiger partial charge in [-0.05, 0) is 45.1 Å². The van der Waals surface area contributed by atoms with Crippen LogP contribution in [0.3, 0.4) is 0 Å². The minimum absolute atomic E-state index is 0.170. The molecule has 4 rings (SSSR count). The number of benzene rings is 1. The first-order chi connectivity index (χ1) is 17.7. The number of carbonyl (C=O) groups excluding carboxylic acids is 3. The Morgan fingerprint density at radius 1 is 1.27 bits per heavy atom. The van der Waals surface area contributed by atoms with Crippen molar-refractivity contribution < 1.29 is 24.2 Å². The molecular formula is C29H38N2O5S. The average Bonchev–Trinajstić information content (AvgIpc) is 3.46. The molecule has 1 spiro atoms. The molecule has 37 heavy (non-hydrogen) atoms. The Bertz CT molecular complexity index is 1050. The molecular weight excluding hydrogens is 488 g/mol. The van der Waals surface area contributed by atoms with Gasteiger partial charge in [-0.2, -0.15) is 0 Å². The van der Waals surface area contributed by atoms with E-state index in [1.165, 1.54) is 0 Å². The number of likely N-dealkylation sites (tertiary alicyclic amines) is 1. The lowest BCUT2D eigenvalue weighted by molar-refractivity contribution is -0.156. The van der Waals surface area contributed by atoms with Crippen molar-refractivity contribution in [3.8, 4) is 0 Å². The molecule has 2 unspecified atom stereocenters. The summed E-state index contributed by atoms with van der Waals surface area (Å²) >= 11 is 1.61. The average molecular weight is 527 g/mol. The number of allylic oxidation sites excluding steroid dienone is 1. The first kappa shape index (κ1) is 27.5. The standard InChI is InChI=1S/C29H38N2O5S/c1-5-7-11-17-36-27(35)23-22-25(33)31(20(3)19-32)24(29(22)15-14-28(23,4)37-29)26(34)30(16-6-2)18-21-12-9-8-10-13-21/h5-6,8-10,12-13,20,22-24,32H,1-2,7,11,14-19H2,3-4H3/t20-,22+,23-,24?,28+,29?/m1/s1. The molecule has 8 heteroatoms.